The molecule has 1 atom stereocenters. The molecule has 1 unspecified atom stereocenters. The molecule has 0 bridgehead atoms. The van der Waals surface area contributed by atoms with Gasteiger partial charge in [0.15, 0.2) is 0 Å². The van der Waals surface area contributed by atoms with Gasteiger partial charge in [0.1, 0.15) is 5.52 Å². The summed E-state index contributed by atoms with van der Waals surface area (Å²) < 4.78 is 3.80. The topological polar surface area (TPSA) is 69.1 Å². The number of benzene rings is 1. The van der Waals surface area contributed by atoms with Crippen LogP contribution in [0.2, 0.25) is 0 Å². The molecule has 1 fully saturated rings. The normalized spacial score (nSPS) is 17.8. The molecule has 1 aliphatic heterocycles. The zero-order chi connectivity index (χ0) is 18.1. The maximum Gasteiger partial charge on any atom is 0.277 e. The molecule has 6 nitrogen and oxygen atoms in total. The molecule has 1 saturated heterocycles. The molecule has 3 heterocycles. The van der Waals surface area contributed by atoms with Gasteiger partial charge in [0.25, 0.3) is 5.56 Å². The van der Waals surface area contributed by atoms with E-state index in [2.05, 4.69) is 11.8 Å². The van der Waals surface area contributed by atoms with Crippen LogP contribution in [0.4, 0.5) is 5.95 Å². The summed E-state index contributed by atoms with van der Waals surface area (Å²) in [7, 11) is 0. The number of anilines is 1. The van der Waals surface area contributed by atoms with Crippen LogP contribution in [-0.4, -0.2) is 33.2 Å². The van der Waals surface area contributed by atoms with E-state index in [0.717, 1.165) is 43.0 Å². The van der Waals surface area contributed by atoms with Crippen LogP contribution < -0.4 is 16.2 Å². The zero-order valence-electron chi connectivity index (χ0n) is 15.1. The van der Waals surface area contributed by atoms with Crippen LogP contribution in [0.5, 0.6) is 0 Å². The average Bonchev–Trinajstić information content (AvgIpc) is 3.04. The predicted octanol–water partition coefficient (Wildman–Crippen LogP) is 2.19. The number of hydrogen-bond donors (Lipinski definition) is 1. The van der Waals surface area contributed by atoms with Gasteiger partial charge < -0.3 is 19.8 Å². The first-order valence-corrected chi connectivity index (χ1v) is 9.31. The van der Waals surface area contributed by atoms with Crippen LogP contribution >= 0.6 is 0 Å². The summed E-state index contributed by atoms with van der Waals surface area (Å²) >= 11 is 0. The molecule has 0 saturated carbocycles. The van der Waals surface area contributed by atoms with Gasteiger partial charge in [-0.15, -0.1) is 0 Å². The minimum Gasteiger partial charge on any atom is -0.341 e. The number of nitrogens with zero attached hydrogens (tertiary/aromatic N) is 4. The van der Waals surface area contributed by atoms with Crippen molar-refractivity contribution >= 4 is 17.0 Å². The van der Waals surface area contributed by atoms with Crippen LogP contribution in [0.3, 0.4) is 0 Å². The molecule has 3 aromatic rings. The lowest BCUT2D eigenvalue weighted by molar-refractivity contribution is 0.494. The molecule has 4 rings (SSSR count). The van der Waals surface area contributed by atoms with Gasteiger partial charge in [0.05, 0.1) is 12.1 Å². The Balaban J connectivity index is 1.77. The first-order chi connectivity index (χ1) is 12.7. The minimum atomic E-state index is 0.00765. The summed E-state index contributed by atoms with van der Waals surface area (Å²) in [5.74, 6) is 0.868. The molecule has 136 valence electrons. The highest BCUT2D eigenvalue weighted by molar-refractivity contribution is 5.78. The molecular formula is C20H25N5O. The zero-order valence-corrected chi connectivity index (χ0v) is 15.1. The quantitative estimate of drug-likeness (QED) is 0.782. The van der Waals surface area contributed by atoms with Crippen molar-refractivity contribution in [3.05, 3.63) is 58.5 Å². The SMILES string of the molecule is CCn1c(N2CCCC(N)C2)nc2ccn(Cc3ccccc3)c(=O)c21. The second kappa shape index (κ2) is 6.96. The molecule has 2 aromatic heterocycles. The first kappa shape index (κ1) is 16.8. The number of fused-ring (bicyclic) bond motifs is 1. The van der Waals surface area contributed by atoms with Crippen molar-refractivity contribution in [3.8, 4) is 0 Å². The van der Waals surface area contributed by atoms with Gasteiger partial charge in [0.2, 0.25) is 5.95 Å². The fraction of sp³-hybridized carbons (Fsp3) is 0.400. The summed E-state index contributed by atoms with van der Waals surface area (Å²) in [5.41, 5.74) is 8.70. The van der Waals surface area contributed by atoms with E-state index < -0.39 is 0 Å². The van der Waals surface area contributed by atoms with Crippen molar-refractivity contribution in [3.63, 3.8) is 0 Å². The lowest BCUT2D eigenvalue weighted by Gasteiger charge is -2.31. The van der Waals surface area contributed by atoms with E-state index in [0.29, 0.717) is 18.6 Å². The summed E-state index contributed by atoms with van der Waals surface area (Å²) in [5, 5.41) is 0. The highest BCUT2D eigenvalue weighted by atomic mass is 16.1. The number of aromatic nitrogens is 3. The maximum atomic E-state index is 13.1. The van der Waals surface area contributed by atoms with Gasteiger partial charge in [-0.3, -0.25) is 4.79 Å². The summed E-state index contributed by atoms with van der Waals surface area (Å²) in [6, 6.07) is 12.2. The monoisotopic (exact) mass is 351 g/mol. The standard InChI is InChI=1S/C20H25N5O/c1-2-25-18-17(22-20(25)24-11-6-9-16(21)14-24)10-12-23(19(18)26)13-15-7-4-3-5-8-15/h3-5,7-8,10,12,16H,2,6,9,11,13-14,21H2,1H3. The molecule has 1 aliphatic rings. The third kappa shape index (κ3) is 3.01. The summed E-state index contributed by atoms with van der Waals surface area (Å²) in [6.07, 6.45) is 3.95. The first-order valence-electron chi connectivity index (χ1n) is 9.31. The van der Waals surface area contributed by atoms with E-state index in [1.165, 1.54) is 0 Å². The molecule has 0 spiro atoms. The molecule has 0 aliphatic carbocycles. The largest absolute Gasteiger partial charge is 0.341 e. The third-order valence-electron chi connectivity index (χ3n) is 5.10. The lowest BCUT2D eigenvalue weighted by Crippen LogP contribution is -2.44. The van der Waals surface area contributed by atoms with Crippen molar-refractivity contribution < 1.29 is 0 Å². The van der Waals surface area contributed by atoms with Crippen LogP contribution in [0.1, 0.15) is 25.3 Å². The molecule has 6 heteroatoms. The van der Waals surface area contributed by atoms with Crippen molar-refractivity contribution in [2.75, 3.05) is 18.0 Å². The molecule has 1 aromatic carbocycles. The number of piperidine rings is 1. The van der Waals surface area contributed by atoms with Crippen molar-refractivity contribution in [2.45, 2.75) is 38.9 Å². The maximum absolute atomic E-state index is 13.1. The number of hydrogen-bond acceptors (Lipinski definition) is 4. The van der Waals surface area contributed by atoms with Crippen molar-refractivity contribution in [2.24, 2.45) is 5.73 Å². The number of rotatable bonds is 4. The van der Waals surface area contributed by atoms with Gasteiger partial charge in [0, 0.05) is 31.9 Å². The Morgan fingerprint density at radius 1 is 1.23 bits per heavy atom. The molecule has 26 heavy (non-hydrogen) atoms. The fourth-order valence-corrected chi connectivity index (χ4v) is 3.80. The minimum absolute atomic E-state index is 0.00765. The van der Waals surface area contributed by atoms with E-state index in [4.69, 9.17) is 10.7 Å². The van der Waals surface area contributed by atoms with Crippen LogP contribution in [0.15, 0.2) is 47.4 Å². The number of aryl methyl sites for hydroxylation is 1. The van der Waals surface area contributed by atoms with Crippen LogP contribution in [0, 0.1) is 0 Å². The Kier molecular flexibility index (Phi) is 4.51. The molecule has 0 amide bonds. The van der Waals surface area contributed by atoms with E-state index in [9.17, 15) is 4.79 Å². The summed E-state index contributed by atoms with van der Waals surface area (Å²) in [4.78, 5) is 20.1. The highest BCUT2D eigenvalue weighted by Crippen LogP contribution is 2.23. The Bertz CT molecular complexity index is 959. The van der Waals surface area contributed by atoms with Crippen LogP contribution in [0.25, 0.3) is 11.0 Å². The van der Waals surface area contributed by atoms with E-state index in [1.807, 2.05) is 47.2 Å². The molecule has 2 N–H and O–H groups in total. The third-order valence-corrected chi connectivity index (χ3v) is 5.10. The lowest BCUT2D eigenvalue weighted by atomic mass is 10.1. The summed E-state index contributed by atoms with van der Waals surface area (Å²) in [6.45, 7) is 5.07. The van der Waals surface area contributed by atoms with Gasteiger partial charge in [-0.2, -0.15) is 0 Å². The second-order valence-corrected chi connectivity index (χ2v) is 6.97. The van der Waals surface area contributed by atoms with Gasteiger partial charge in [-0.1, -0.05) is 30.3 Å². The smallest absolute Gasteiger partial charge is 0.277 e. The molecular weight excluding hydrogens is 326 g/mol. The Morgan fingerprint density at radius 2 is 2.04 bits per heavy atom. The van der Waals surface area contributed by atoms with E-state index in [1.54, 1.807) is 4.57 Å². The number of nitrogens with two attached hydrogens (primary N) is 1. The Morgan fingerprint density at radius 3 is 2.77 bits per heavy atom. The second-order valence-electron chi connectivity index (χ2n) is 6.97. The van der Waals surface area contributed by atoms with Gasteiger partial charge in [-0.25, -0.2) is 4.98 Å². The van der Waals surface area contributed by atoms with Gasteiger partial charge >= 0.3 is 0 Å². The van der Waals surface area contributed by atoms with Crippen molar-refractivity contribution in [1.29, 1.82) is 0 Å². The molecule has 0 radical (unpaired) electrons. The fourth-order valence-electron chi connectivity index (χ4n) is 3.80. The van der Waals surface area contributed by atoms with E-state index >= 15 is 0 Å². The van der Waals surface area contributed by atoms with E-state index in [-0.39, 0.29) is 11.6 Å². The predicted molar refractivity (Wildman–Crippen MR) is 105 cm³/mol. The Hall–Kier alpha value is -2.60. The van der Waals surface area contributed by atoms with Gasteiger partial charge in [-0.05, 0) is 31.4 Å². The average molecular weight is 351 g/mol. The number of imidazole rings is 1. The highest BCUT2D eigenvalue weighted by Gasteiger charge is 2.23. The van der Waals surface area contributed by atoms with Crippen LogP contribution in [-0.2, 0) is 13.1 Å². The Labute approximate surface area is 152 Å². The number of pyridine rings is 1. The van der Waals surface area contributed by atoms with Crippen molar-refractivity contribution in [1.82, 2.24) is 14.1 Å².